The summed E-state index contributed by atoms with van der Waals surface area (Å²) in [5.41, 5.74) is 0. The zero-order valence-electron chi connectivity index (χ0n) is 7.52. The van der Waals surface area contributed by atoms with Crippen LogP contribution in [0.15, 0.2) is 0 Å². The van der Waals surface area contributed by atoms with Crippen LogP contribution in [0.1, 0.15) is 1.43 Å². The van der Waals surface area contributed by atoms with Crippen LogP contribution in [0.5, 0.6) is 0 Å². The summed E-state index contributed by atoms with van der Waals surface area (Å²) in [6, 6.07) is 0. The Bertz CT molecular complexity index is 288. The van der Waals surface area contributed by atoms with Gasteiger partial charge in [0.1, 0.15) is 0 Å². The predicted molar refractivity (Wildman–Crippen MR) is 28.6 cm³/mol. The van der Waals surface area contributed by atoms with E-state index in [1.807, 2.05) is 0 Å². The van der Waals surface area contributed by atoms with E-state index in [0.29, 0.717) is 0 Å². The molecular formula is C3H3F6LiO3S. The number of halogens is 6. The van der Waals surface area contributed by atoms with Gasteiger partial charge in [-0.15, -0.1) is 0 Å². The van der Waals surface area contributed by atoms with Crippen LogP contribution in [0.25, 0.3) is 0 Å². The van der Waals surface area contributed by atoms with Crippen molar-refractivity contribution in [1.82, 2.24) is 0 Å². The van der Waals surface area contributed by atoms with Crippen LogP contribution in [0.2, 0.25) is 0 Å². The molecule has 0 radical (unpaired) electrons. The SMILES string of the molecule is O=S(=O)(O)C(F)(F)C(F)C(F)(F)F.[H-].[Li+]. The zero-order chi connectivity index (χ0) is 11.1. The van der Waals surface area contributed by atoms with Crippen molar-refractivity contribution in [3.8, 4) is 0 Å². The molecule has 0 spiro atoms. The van der Waals surface area contributed by atoms with Gasteiger partial charge in [-0.25, -0.2) is 4.39 Å². The molecular weight excluding hydrogens is 237 g/mol. The van der Waals surface area contributed by atoms with Gasteiger partial charge >= 0.3 is 40.4 Å². The number of rotatable bonds is 2. The Balaban J connectivity index is -0.000000720. The summed E-state index contributed by atoms with van der Waals surface area (Å²) in [5, 5.41) is -5.88. The van der Waals surface area contributed by atoms with Gasteiger partial charge in [-0.05, 0) is 0 Å². The molecule has 1 atom stereocenters. The molecule has 0 amide bonds. The van der Waals surface area contributed by atoms with Gasteiger partial charge in [-0.1, -0.05) is 0 Å². The first-order valence-electron chi connectivity index (χ1n) is 2.46. The maximum Gasteiger partial charge on any atom is 1.00 e. The van der Waals surface area contributed by atoms with Gasteiger partial charge in [0, 0.05) is 0 Å². The van der Waals surface area contributed by atoms with E-state index in [2.05, 4.69) is 0 Å². The van der Waals surface area contributed by atoms with Crippen molar-refractivity contribution in [2.45, 2.75) is 17.6 Å². The molecule has 0 bridgehead atoms. The molecule has 82 valence electrons. The molecule has 0 aliphatic rings. The molecule has 1 unspecified atom stereocenters. The van der Waals surface area contributed by atoms with Crippen LogP contribution < -0.4 is 18.9 Å². The summed E-state index contributed by atoms with van der Waals surface area (Å²) in [7, 11) is -6.41. The largest absolute Gasteiger partial charge is 1.00 e. The van der Waals surface area contributed by atoms with Gasteiger partial charge < -0.3 is 1.43 Å². The van der Waals surface area contributed by atoms with Gasteiger partial charge in [0.2, 0.25) is 0 Å². The fourth-order valence-corrected chi connectivity index (χ4v) is 0.716. The molecule has 0 aliphatic heterocycles. The third-order valence-corrected chi connectivity index (χ3v) is 1.82. The normalized spacial score (nSPS) is 15.9. The Hall–Kier alpha value is 0.0874. The zero-order valence-corrected chi connectivity index (χ0v) is 7.33. The quantitative estimate of drug-likeness (QED) is 0.362. The van der Waals surface area contributed by atoms with Crippen LogP contribution >= 0.6 is 0 Å². The van der Waals surface area contributed by atoms with Crippen LogP contribution in [0, 0.1) is 0 Å². The van der Waals surface area contributed by atoms with E-state index in [0.717, 1.165) is 0 Å². The Kier molecular flexibility index (Phi) is 5.07. The van der Waals surface area contributed by atoms with E-state index in [1.165, 1.54) is 0 Å². The first-order valence-corrected chi connectivity index (χ1v) is 3.90. The predicted octanol–water partition coefficient (Wildman–Crippen LogP) is -1.52. The summed E-state index contributed by atoms with van der Waals surface area (Å²) in [6.45, 7) is 0. The second-order valence-corrected chi connectivity index (χ2v) is 3.44. The fourth-order valence-electron chi connectivity index (χ4n) is 0.321. The molecule has 0 aliphatic carbocycles. The van der Waals surface area contributed by atoms with Gasteiger partial charge in [0.25, 0.3) is 6.17 Å². The van der Waals surface area contributed by atoms with E-state index in [9.17, 15) is 34.8 Å². The van der Waals surface area contributed by atoms with E-state index < -0.39 is 27.7 Å². The summed E-state index contributed by atoms with van der Waals surface area (Å²) in [4.78, 5) is 0. The average Bonchev–Trinajstić information content (AvgIpc) is 1.81. The minimum Gasteiger partial charge on any atom is -1.00 e. The van der Waals surface area contributed by atoms with Crippen molar-refractivity contribution in [2.75, 3.05) is 0 Å². The minimum absolute atomic E-state index is 0. The molecule has 0 aromatic carbocycles. The number of hydrogen-bond donors (Lipinski definition) is 1. The maximum absolute atomic E-state index is 11.9. The first kappa shape index (κ1) is 16.5. The Morgan fingerprint density at radius 1 is 1.14 bits per heavy atom. The molecule has 0 saturated carbocycles. The van der Waals surface area contributed by atoms with Gasteiger partial charge in [-0.3, -0.25) is 4.55 Å². The van der Waals surface area contributed by atoms with Gasteiger partial charge in [0.05, 0.1) is 0 Å². The topological polar surface area (TPSA) is 54.4 Å². The molecule has 14 heavy (non-hydrogen) atoms. The van der Waals surface area contributed by atoms with Crippen LogP contribution in [0.4, 0.5) is 26.3 Å². The van der Waals surface area contributed by atoms with Crippen LogP contribution in [-0.2, 0) is 10.1 Å². The van der Waals surface area contributed by atoms with Crippen molar-refractivity contribution in [3.63, 3.8) is 0 Å². The monoisotopic (exact) mass is 240 g/mol. The van der Waals surface area contributed by atoms with Crippen LogP contribution in [-0.4, -0.2) is 30.6 Å². The molecule has 0 aromatic rings. The van der Waals surface area contributed by atoms with E-state index >= 15 is 0 Å². The second-order valence-electron chi connectivity index (χ2n) is 1.94. The molecule has 3 nitrogen and oxygen atoms in total. The van der Waals surface area contributed by atoms with Crippen molar-refractivity contribution in [3.05, 3.63) is 0 Å². The molecule has 0 saturated heterocycles. The van der Waals surface area contributed by atoms with Crippen molar-refractivity contribution in [2.24, 2.45) is 0 Å². The van der Waals surface area contributed by atoms with Gasteiger partial charge in [-0.2, -0.15) is 30.4 Å². The Labute approximate surface area is 87.9 Å². The summed E-state index contributed by atoms with van der Waals surface area (Å²) < 4.78 is 96.1. The second kappa shape index (κ2) is 4.30. The molecule has 11 heteroatoms. The first-order chi connectivity index (χ1) is 5.40. The number of alkyl halides is 6. The molecule has 1 N–H and O–H groups in total. The standard InChI is InChI=1S/C3H2F6O3S.Li.H/c4-1(2(5,6)7)3(8,9)13(10,11)12;;/h1H,(H,10,11,12);;/q;+1;-1. The van der Waals surface area contributed by atoms with E-state index in [-0.39, 0.29) is 20.3 Å². The van der Waals surface area contributed by atoms with Crippen molar-refractivity contribution >= 4 is 10.1 Å². The van der Waals surface area contributed by atoms with E-state index in [4.69, 9.17) is 4.55 Å². The van der Waals surface area contributed by atoms with Gasteiger partial charge in [0.15, 0.2) is 0 Å². The smallest absolute Gasteiger partial charge is 1.00 e. The third-order valence-electron chi connectivity index (χ3n) is 0.926. The minimum atomic E-state index is -6.41. The third kappa shape index (κ3) is 3.34. The molecule has 0 aromatic heterocycles. The molecule has 0 heterocycles. The van der Waals surface area contributed by atoms with Crippen molar-refractivity contribution in [1.29, 1.82) is 0 Å². The summed E-state index contributed by atoms with van der Waals surface area (Å²) in [6.07, 6.45) is -11.0. The Morgan fingerprint density at radius 2 is 1.43 bits per heavy atom. The summed E-state index contributed by atoms with van der Waals surface area (Å²) in [5.74, 6) is 0. The van der Waals surface area contributed by atoms with Crippen LogP contribution in [0.3, 0.4) is 0 Å². The number of hydrogen-bond acceptors (Lipinski definition) is 2. The summed E-state index contributed by atoms with van der Waals surface area (Å²) >= 11 is 0. The van der Waals surface area contributed by atoms with E-state index in [1.54, 1.807) is 0 Å². The fraction of sp³-hybridized carbons (Fsp3) is 1.00. The van der Waals surface area contributed by atoms with Crippen molar-refractivity contribution < 1.29 is 59.6 Å². The maximum atomic E-state index is 11.9. The average molecular weight is 240 g/mol. The molecule has 0 fully saturated rings. The molecule has 0 rings (SSSR count). The Morgan fingerprint density at radius 3 is 1.50 bits per heavy atom.